The Morgan fingerprint density at radius 1 is 1.41 bits per heavy atom. The van der Waals surface area contributed by atoms with Gasteiger partial charge in [0, 0.05) is 19.2 Å². The fourth-order valence-corrected chi connectivity index (χ4v) is 2.21. The number of anilines is 1. The SMILES string of the molecule is CC1CCN(c2cc3n[nH]c(=O)n3cn2)CC1. The molecular weight excluding hydrogens is 218 g/mol. The van der Waals surface area contributed by atoms with Crippen LogP contribution in [0.3, 0.4) is 0 Å². The largest absolute Gasteiger partial charge is 0.356 e. The molecule has 0 aromatic carbocycles. The second kappa shape index (κ2) is 3.87. The molecule has 2 aromatic heterocycles. The van der Waals surface area contributed by atoms with Crippen molar-refractivity contribution in [3.63, 3.8) is 0 Å². The van der Waals surface area contributed by atoms with Gasteiger partial charge in [-0.05, 0) is 18.8 Å². The van der Waals surface area contributed by atoms with Crippen LogP contribution in [-0.2, 0) is 0 Å². The summed E-state index contributed by atoms with van der Waals surface area (Å²) in [6.45, 7) is 4.33. The molecule has 0 radical (unpaired) electrons. The monoisotopic (exact) mass is 233 g/mol. The normalized spacial score (nSPS) is 17.8. The molecule has 90 valence electrons. The molecule has 6 heteroatoms. The number of fused-ring (bicyclic) bond motifs is 1. The summed E-state index contributed by atoms with van der Waals surface area (Å²) in [6, 6.07) is 1.86. The first-order valence-electron chi connectivity index (χ1n) is 5.92. The maximum atomic E-state index is 11.3. The van der Waals surface area contributed by atoms with Crippen molar-refractivity contribution in [1.29, 1.82) is 0 Å². The quantitative estimate of drug-likeness (QED) is 0.785. The Balaban J connectivity index is 1.93. The van der Waals surface area contributed by atoms with Crippen LogP contribution in [-0.4, -0.2) is 32.7 Å². The third-order valence-corrected chi connectivity index (χ3v) is 3.40. The summed E-state index contributed by atoms with van der Waals surface area (Å²) in [4.78, 5) is 17.9. The molecule has 1 saturated heterocycles. The van der Waals surface area contributed by atoms with Crippen molar-refractivity contribution in [3.8, 4) is 0 Å². The minimum absolute atomic E-state index is 0.244. The molecule has 0 bridgehead atoms. The minimum atomic E-state index is -0.244. The van der Waals surface area contributed by atoms with Gasteiger partial charge in [0.15, 0.2) is 5.65 Å². The number of rotatable bonds is 1. The number of aromatic amines is 1. The molecule has 0 unspecified atom stereocenters. The van der Waals surface area contributed by atoms with Crippen molar-refractivity contribution in [1.82, 2.24) is 19.6 Å². The number of aromatic nitrogens is 4. The number of hydrogen-bond donors (Lipinski definition) is 1. The van der Waals surface area contributed by atoms with Crippen molar-refractivity contribution in [2.75, 3.05) is 18.0 Å². The molecular formula is C11H15N5O. The van der Waals surface area contributed by atoms with Crippen molar-refractivity contribution < 1.29 is 0 Å². The minimum Gasteiger partial charge on any atom is -0.356 e. The Morgan fingerprint density at radius 3 is 2.94 bits per heavy atom. The van der Waals surface area contributed by atoms with Gasteiger partial charge in [-0.3, -0.25) is 0 Å². The van der Waals surface area contributed by atoms with Gasteiger partial charge in [0.25, 0.3) is 0 Å². The second-order valence-corrected chi connectivity index (χ2v) is 4.67. The van der Waals surface area contributed by atoms with E-state index in [9.17, 15) is 4.79 Å². The number of nitrogens with one attached hydrogen (secondary N) is 1. The van der Waals surface area contributed by atoms with Crippen LogP contribution < -0.4 is 10.6 Å². The first kappa shape index (κ1) is 10.3. The van der Waals surface area contributed by atoms with E-state index in [2.05, 4.69) is 27.0 Å². The Kier molecular flexibility index (Phi) is 2.35. The predicted molar refractivity (Wildman–Crippen MR) is 64.2 cm³/mol. The molecule has 1 aliphatic rings. The average Bonchev–Trinajstić information content (AvgIpc) is 2.72. The van der Waals surface area contributed by atoms with Crippen LogP contribution in [0, 0.1) is 5.92 Å². The molecule has 1 aliphatic heterocycles. The van der Waals surface area contributed by atoms with E-state index in [-0.39, 0.29) is 5.69 Å². The van der Waals surface area contributed by atoms with Crippen LogP contribution in [0.2, 0.25) is 0 Å². The van der Waals surface area contributed by atoms with Crippen molar-refractivity contribution >= 4 is 11.5 Å². The highest BCUT2D eigenvalue weighted by molar-refractivity contribution is 5.50. The van der Waals surface area contributed by atoms with Gasteiger partial charge in [-0.1, -0.05) is 6.92 Å². The Bertz CT molecular complexity index is 579. The predicted octanol–water partition coefficient (Wildman–Crippen LogP) is 0.654. The highest BCUT2D eigenvalue weighted by Crippen LogP contribution is 2.21. The lowest BCUT2D eigenvalue weighted by Gasteiger charge is -2.30. The lowest BCUT2D eigenvalue weighted by atomic mass is 9.99. The second-order valence-electron chi connectivity index (χ2n) is 4.67. The third-order valence-electron chi connectivity index (χ3n) is 3.40. The summed E-state index contributed by atoms with van der Waals surface area (Å²) in [5.41, 5.74) is 0.380. The Labute approximate surface area is 98.3 Å². The van der Waals surface area contributed by atoms with Gasteiger partial charge in [0.05, 0.1) is 0 Å². The van der Waals surface area contributed by atoms with Gasteiger partial charge < -0.3 is 4.90 Å². The highest BCUT2D eigenvalue weighted by Gasteiger charge is 2.17. The summed E-state index contributed by atoms with van der Waals surface area (Å²) < 4.78 is 1.41. The lowest BCUT2D eigenvalue weighted by Crippen LogP contribution is -2.33. The molecule has 0 spiro atoms. The van der Waals surface area contributed by atoms with E-state index >= 15 is 0 Å². The van der Waals surface area contributed by atoms with E-state index in [1.54, 1.807) is 0 Å². The summed E-state index contributed by atoms with van der Waals surface area (Å²) in [6.07, 6.45) is 3.93. The van der Waals surface area contributed by atoms with Gasteiger partial charge in [-0.2, -0.15) is 5.10 Å². The Hall–Kier alpha value is -1.85. The zero-order valence-electron chi connectivity index (χ0n) is 9.76. The molecule has 1 fully saturated rings. The topological polar surface area (TPSA) is 66.3 Å². The molecule has 3 rings (SSSR count). The number of piperidine rings is 1. The van der Waals surface area contributed by atoms with Gasteiger partial charge >= 0.3 is 5.69 Å². The van der Waals surface area contributed by atoms with E-state index in [4.69, 9.17) is 0 Å². The molecule has 6 nitrogen and oxygen atoms in total. The number of hydrogen-bond acceptors (Lipinski definition) is 4. The molecule has 1 N–H and O–H groups in total. The molecule has 2 aromatic rings. The maximum Gasteiger partial charge on any atom is 0.348 e. The van der Waals surface area contributed by atoms with E-state index < -0.39 is 0 Å². The summed E-state index contributed by atoms with van der Waals surface area (Å²) in [5, 5.41) is 6.36. The van der Waals surface area contributed by atoms with Gasteiger partial charge in [-0.25, -0.2) is 19.3 Å². The first-order valence-corrected chi connectivity index (χ1v) is 5.92. The van der Waals surface area contributed by atoms with Gasteiger partial charge in [0.1, 0.15) is 12.1 Å². The van der Waals surface area contributed by atoms with Crippen LogP contribution in [0.25, 0.3) is 5.65 Å². The molecule has 0 saturated carbocycles. The molecule has 0 aliphatic carbocycles. The fraction of sp³-hybridized carbons (Fsp3) is 0.545. The number of H-pyrrole nitrogens is 1. The average molecular weight is 233 g/mol. The molecule has 17 heavy (non-hydrogen) atoms. The van der Waals surface area contributed by atoms with Gasteiger partial charge in [-0.15, -0.1) is 0 Å². The van der Waals surface area contributed by atoms with Crippen molar-refractivity contribution in [2.24, 2.45) is 5.92 Å². The van der Waals surface area contributed by atoms with Crippen LogP contribution in [0.5, 0.6) is 0 Å². The summed E-state index contributed by atoms with van der Waals surface area (Å²) in [5.74, 6) is 1.70. The zero-order chi connectivity index (χ0) is 11.8. The molecule has 3 heterocycles. The van der Waals surface area contributed by atoms with Crippen molar-refractivity contribution in [2.45, 2.75) is 19.8 Å². The molecule has 0 amide bonds. The zero-order valence-corrected chi connectivity index (χ0v) is 9.76. The third kappa shape index (κ3) is 1.79. The Morgan fingerprint density at radius 2 is 2.18 bits per heavy atom. The maximum absolute atomic E-state index is 11.3. The standard InChI is InChI=1S/C11H15N5O/c1-8-2-4-15(5-3-8)9-6-10-13-14-11(17)16(10)7-12-9/h6-8H,2-5H2,1H3,(H,14,17). The van der Waals surface area contributed by atoms with Crippen molar-refractivity contribution in [3.05, 3.63) is 22.9 Å². The van der Waals surface area contributed by atoms with E-state index in [0.717, 1.165) is 24.8 Å². The molecule has 0 atom stereocenters. The fourth-order valence-electron chi connectivity index (χ4n) is 2.21. The smallest absolute Gasteiger partial charge is 0.348 e. The lowest BCUT2D eigenvalue weighted by molar-refractivity contribution is 0.436. The highest BCUT2D eigenvalue weighted by atomic mass is 16.1. The number of nitrogens with zero attached hydrogens (tertiary/aromatic N) is 4. The van der Waals surface area contributed by atoms with E-state index in [1.807, 2.05) is 6.07 Å². The summed E-state index contributed by atoms with van der Waals surface area (Å²) in [7, 11) is 0. The van der Waals surface area contributed by atoms with Crippen LogP contribution in [0.4, 0.5) is 5.82 Å². The van der Waals surface area contributed by atoms with Crippen LogP contribution in [0.1, 0.15) is 19.8 Å². The van der Waals surface area contributed by atoms with Gasteiger partial charge in [0.2, 0.25) is 0 Å². The van der Waals surface area contributed by atoms with E-state index in [0.29, 0.717) is 5.65 Å². The van der Waals surface area contributed by atoms with E-state index in [1.165, 1.54) is 23.6 Å². The van der Waals surface area contributed by atoms with Crippen LogP contribution in [0.15, 0.2) is 17.2 Å². The first-order chi connectivity index (χ1) is 8.24. The van der Waals surface area contributed by atoms with Crippen LogP contribution >= 0.6 is 0 Å². The summed E-state index contributed by atoms with van der Waals surface area (Å²) >= 11 is 0.